The molecule has 0 aromatic heterocycles. The van der Waals surface area contributed by atoms with Gasteiger partial charge in [-0.2, -0.15) is 0 Å². The molecule has 0 amide bonds. The highest BCUT2D eigenvalue weighted by Crippen LogP contribution is 2.24. The molecule has 0 atom stereocenters. The van der Waals surface area contributed by atoms with E-state index in [4.69, 9.17) is 9.47 Å². The van der Waals surface area contributed by atoms with E-state index < -0.39 is 0 Å². The molecule has 0 aliphatic rings. The molecule has 1 aromatic carbocycles. The number of esters is 1. The van der Waals surface area contributed by atoms with Gasteiger partial charge in [0.05, 0.1) is 6.10 Å². The van der Waals surface area contributed by atoms with Crippen LogP contribution in [0.2, 0.25) is 0 Å². The Morgan fingerprint density at radius 2 is 1.84 bits per heavy atom. The van der Waals surface area contributed by atoms with Crippen molar-refractivity contribution < 1.29 is 14.3 Å². The van der Waals surface area contributed by atoms with Crippen molar-refractivity contribution in [1.29, 1.82) is 0 Å². The zero-order valence-electron chi connectivity index (χ0n) is 12.4. The third-order valence-electron chi connectivity index (χ3n) is 2.60. The van der Waals surface area contributed by atoms with Crippen LogP contribution in [0.4, 0.5) is 0 Å². The molecule has 0 aliphatic carbocycles. The van der Waals surface area contributed by atoms with Crippen LogP contribution in [0.1, 0.15) is 30.5 Å². The van der Waals surface area contributed by atoms with Gasteiger partial charge in [-0.05, 0) is 51.4 Å². The molecular formula is C15H23NO3. The van der Waals surface area contributed by atoms with Crippen molar-refractivity contribution in [2.45, 2.75) is 40.3 Å². The van der Waals surface area contributed by atoms with Crippen LogP contribution in [-0.4, -0.2) is 25.7 Å². The Kier molecular flexibility index (Phi) is 5.83. The predicted molar refractivity (Wildman–Crippen MR) is 75.4 cm³/mol. The zero-order valence-corrected chi connectivity index (χ0v) is 12.4. The SMILES string of the molecule is CNCc1cc(C)c(OCC(=O)OC(C)C)c(C)c1. The Hall–Kier alpha value is -1.55. The molecule has 0 aliphatic heterocycles. The molecule has 4 heteroatoms. The van der Waals surface area contributed by atoms with Gasteiger partial charge >= 0.3 is 5.97 Å². The quantitative estimate of drug-likeness (QED) is 0.802. The first-order valence-corrected chi connectivity index (χ1v) is 6.51. The van der Waals surface area contributed by atoms with E-state index in [0.717, 1.165) is 23.4 Å². The number of ether oxygens (including phenoxy) is 2. The number of nitrogens with one attached hydrogen (secondary N) is 1. The maximum Gasteiger partial charge on any atom is 0.344 e. The van der Waals surface area contributed by atoms with Crippen LogP contribution in [0, 0.1) is 13.8 Å². The van der Waals surface area contributed by atoms with Crippen LogP contribution < -0.4 is 10.1 Å². The van der Waals surface area contributed by atoms with Crippen LogP contribution in [0.3, 0.4) is 0 Å². The van der Waals surface area contributed by atoms with Gasteiger partial charge in [0, 0.05) is 6.54 Å². The first kappa shape index (κ1) is 15.5. The fraction of sp³-hybridized carbons (Fsp3) is 0.533. The van der Waals surface area contributed by atoms with E-state index in [2.05, 4.69) is 17.4 Å². The second-order valence-electron chi connectivity index (χ2n) is 4.92. The van der Waals surface area contributed by atoms with Crippen molar-refractivity contribution in [2.24, 2.45) is 0 Å². The molecule has 0 spiro atoms. The van der Waals surface area contributed by atoms with Gasteiger partial charge in [0.2, 0.25) is 0 Å². The van der Waals surface area contributed by atoms with Gasteiger partial charge in [0.25, 0.3) is 0 Å². The van der Waals surface area contributed by atoms with E-state index in [9.17, 15) is 4.79 Å². The molecule has 0 saturated carbocycles. The monoisotopic (exact) mass is 265 g/mol. The number of benzene rings is 1. The van der Waals surface area contributed by atoms with Gasteiger partial charge < -0.3 is 14.8 Å². The van der Waals surface area contributed by atoms with Crippen LogP contribution >= 0.6 is 0 Å². The zero-order chi connectivity index (χ0) is 14.4. The molecule has 0 radical (unpaired) electrons. The fourth-order valence-corrected chi connectivity index (χ4v) is 2.00. The average molecular weight is 265 g/mol. The molecule has 0 bridgehead atoms. The number of hydrogen-bond acceptors (Lipinski definition) is 4. The number of carbonyl (C=O) groups excluding carboxylic acids is 1. The van der Waals surface area contributed by atoms with Gasteiger partial charge in [-0.3, -0.25) is 0 Å². The molecule has 0 saturated heterocycles. The van der Waals surface area contributed by atoms with Gasteiger partial charge in [0.15, 0.2) is 6.61 Å². The molecule has 106 valence electrons. The second kappa shape index (κ2) is 7.14. The van der Waals surface area contributed by atoms with Crippen LogP contribution in [-0.2, 0) is 16.1 Å². The lowest BCUT2D eigenvalue weighted by atomic mass is 10.1. The summed E-state index contributed by atoms with van der Waals surface area (Å²) < 4.78 is 10.6. The third-order valence-corrected chi connectivity index (χ3v) is 2.60. The highest BCUT2D eigenvalue weighted by molar-refractivity contribution is 5.71. The van der Waals surface area contributed by atoms with Gasteiger partial charge in [-0.1, -0.05) is 12.1 Å². The van der Waals surface area contributed by atoms with Crippen molar-refractivity contribution in [3.63, 3.8) is 0 Å². The molecule has 1 rings (SSSR count). The summed E-state index contributed by atoms with van der Waals surface area (Å²) in [4.78, 5) is 11.5. The molecular weight excluding hydrogens is 242 g/mol. The molecule has 1 N–H and O–H groups in total. The van der Waals surface area contributed by atoms with E-state index in [-0.39, 0.29) is 18.7 Å². The Bertz CT molecular complexity index is 418. The summed E-state index contributed by atoms with van der Waals surface area (Å²) in [5.74, 6) is 0.425. The van der Waals surface area contributed by atoms with Crippen molar-refractivity contribution >= 4 is 5.97 Å². The summed E-state index contributed by atoms with van der Waals surface area (Å²) in [5, 5.41) is 3.11. The Morgan fingerprint density at radius 1 is 1.26 bits per heavy atom. The predicted octanol–water partition coefficient (Wildman–Crippen LogP) is 2.35. The number of hydrogen-bond donors (Lipinski definition) is 1. The molecule has 0 fully saturated rings. The Morgan fingerprint density at radius 3 is 2.32 bits per heavy atom. The standard InChI is InChI=1S/C15H23NO3/c1-10(2)19-14(17)9-18-15-11(3)6-13(8-16-5)7-12(15)4/h6-7,10,16H,8-9H2,1-5H3. The van der Waals surface area contributed by atoms with E-state index in [1.165, 1.54) is 5.56 Å². The number of rotatable bonds is 6. The molecule has 0 heterocycles. The summed E-state index contributed by atoms with van der Waals surface area (Å²) in [6.07, 6.45) is -0.115. The van der Waals surface area contributed by atoms with Gasteiger partial charge in [-0.25, -0.2) is 4.79 Å². The van der Waals surface area contributed by atoms with Crippen LogP contribution in [0.15, 0.2) is 12.1 Å². The number of aryl methyl sites for hydroxylation is 2. The van der Waals surface area contributed by atoms with E-state index in [1.54, 1.807) is 0 Å². The van der Waals surface area contributed by atoms with Gasteiger partial charge in [-0.15, -0.1) is 0 Å². The minimum Gasteiger partial charge on any atom is -0.481 e. The summed E-state index contributed by atoms with van der Waals surface area (Å²) in [7, 11) is 1.91. The largest absolute Gasteiger partial charge is 0.481 e. The smallest absolute Gasteiger partial charge is 0.344 e. The second-order valence-corrected chi connectivity index (χ2v) is 4.92. The van der Waals surface area contributed by atoms with Gasteiger partial charge in [0.1, 0.15) is 5.75 Å². The molecule has 4 nitrogen and oxygen atoms in total. The maximum atomic E-state index is 11.5. The topological polar surface area (TPSA) is 47.6 Å². The van der Waals surface area contributed by atoms with Crippen molar-refractivity contribution in [3.8, 4) is 5.75 Å². The Labute approximate surface area is 115 Å². The summed E-state index contributed by atoms with van der Waals surface area (Å²) >= 11 is 0. The Balaban J connectivity index is 2.71. The number of carbonyl (C=O) groups is 1. The van der Waals surface area contributed by atoms with E-state index in [0.29, 0.717) is 0 Å². The lowest BCUT2D eigenvalue weighted by molar-refractivity contribution is -0.149. The van der Waals surface area contributed by atoms with Crippen molar-refractivity contribution in [2.75, 3.05) is 13.7 Å². The highest BCUT2D eigenvalue weighted by atomic mass is 16.6. The normalized spacial score (nSPS) is 10.6. The van der Waals surface area contributed by atoms with E-state index in [1.807, 2.05) is 34.7 Å². The molecule has 1 aromatic rings. The highest BCUT2D eigenvalue weighted by Gasteiger charge is 2.10. The minimum absolute atomic E-state index is 0.0504. The van der Waals surface area contributed by atoms with Crippen LogP contribution in [0.25, 0.3) is 0 Å². The molecule has 19 heavy (non-hydrogen) atoms. The minimum atomic E-state index is -0.340. The summed E-state index contributed by atoms with van der Waals surface area (Å²) in [5.41, 5.74) is 3.26. The van der Waals surface area contributed by atoms with E-state index >= 15 is 0 Å². The maximum absolute atomic E-state index is 11.5. The summed E-state index contributed by atoms with van der Waals surface area (Å²) in [6, 6.07) is 4.12. The third kappa shape index (κ3) is 4.91. The fourth-order valence-electron chi connectivity index (χ4n) is 2.00. The lowest BCUT2D eigenvalue weighted by Crippen LogP contribution is -2.19. The lowest BCUT2D eigenvalue weighted by Gasteiger charge is -2.14. The van der Waals surface area contributed by atoms with Crippen molar-refractivity contribution in [1.82, 2.24) is 5.32 Å². The summed E-state index contributed by atoms with van der Waals surface area (Å²) in [6.45, 7) is 8.37. The average Bonchev–Trinajstić information content (AvgIpc) is 2.27. The van der Waals surface area contributed by atoms with Crippen LogP contribution in [0.5, 0.6) is 5.75 Å². The molecule has 0 unspecified atom stereocenters. The first-order valence-electron chi connectivity index (χ1n) is 6.51. The first-order chi connectivity index (χ1) is 8.93. The van der Waals surface area contributed by atoms with Crippen molar-refractivity contribution in [3.05, 3.63) is 28.8 Å².